The molecule has 0 spiro atoms. The normalized spacial score (nSPS) is 14.2. The van der Waals surface area contributed by atoms with Crippen LogP contribution in [0, 0.1) is 10.5 Å². The van der Waals surface area contributed by atoms with Gasteiger partial charge in [0.15, 0.2) is 38.1 Å². The van der Waals surface area contributed by atoms with Gasteiger partial charge in [0, 0.05) is 252 Å². The second-order valence-corrected chi connectivity index (χ2v) is 40.5. The molecule has 52 heteroatoms. The molecule has 43 nitrogen and oxygen atoms in total. The van der Waals surface area contributed by atoms with E-state index in [-0.39, 0.29) is 73.7 Å². The molecule has 0 atom stereocenters. The summed E-state index contributed by atoms with van der Waals surface area (Å²) in [6, 6.07) is 41.2. The molecule has 5 amide bonds. The first-order valence-electron chi connectivity index (χ1n) is 46.9. The van der Waals surface area contributed by atoms with Crippen LogP contribution >= 0.6 is 92.2 Å². The average Bonchev–Trinajstić information content (AvgIpc) is 1.63. The number of azide groups is 1. The molecule has 5 fully saturated rings. The lowest BCUT2D eigenvalue weighted by Gasteiger charge is -2.36. The maximum atomic E-state index is 12.9. The Morgan fingerprint density at radius 1 is 0.380 bits per heavy atom. The van der Waals surface area contributed by atoms with Crippen molar-refractivity contribution in [3.8, 4) is 28.7 Å². The number of sulfone groups is 1. The van der Waals surface area contributed by atoms with Gasteiger partial charge in [-0.25, -0.2) is 56.7 Å². The molecular formula is C98H103Cl6IN28O15S2. The summed E-state index contributed by atoms with van der Waals surface area (Å²) in [6.07, 6.45) is 14.1. The molecule has 150 heavy (non-hydrogen) atoms. The predicted octanol–water partition coefficient (Wildman–Crippen LogP) is 13.0. The number of hydrogen-bond acceptors (Lipinski definition) is 31. The molecule has 0 bridgehead atoms. The Labute approximate surface area is 906 Å². The number of aryl methyl sites for hydroxylation is 1. The number of amides is 5. The van der Waals surface area contributed by atoms with E-state index in [0.717, 1.165) is 116 Å². The highest BCUT2D eigenvalue weighted by molar-refractivity contribution is 14.1. The summed E-state index contributed by atoms with van der Waals surface area (Å²) in [6.45, 7) is 16.2. The second-order valence-electron chi connectivity index (χ2n) is 34.4. The van der Waals surface area contributed by atoms with Crippen LogP contribution < -0.4 is 48.2 Å². The molecule has 5 aromatic carbocycles. The first-order chi connectivity index (χ1) is 72.3. The molecule has 0 saturated carbocycles. The summed E-state index contributed by atoms with van der Waals surface area (Å²) >= 11 is 38.7. The van der Waals surface area contributed by atoms with Crippen LogP contribution in [0.1, 0.15) is 11.4 Å². The van der Waals surface area contributed by atoms with Gasteiger partial charge in [-0.1, -0.05) is 74.7 Å². The van der Waals surface area contributed by atoms with E-state index in [9.17, 15) is 32.4 Å². The standard InChI is InChI=1S/C20H21ClN8O2.C20H22ClN5O4S.C20H22ClN5O2.C19H19Cl2N5O2.C19H19ClIN5O2.O3S/c1-31-18-11-14(4-5-16(18)21)27-7-9-28(10-8-27)19(30)13-29-20-15(3-2-6-23-20)17(25-29)12-24-26-22;1-30-17-11-14(3-4-16(17)21)24-7-9-25(10-8-24)19(27)13-26-20-15(12-23-26)18(5-6-22-20)31(2,28)29;1-14-16-4-3-7-22-20(16)26(23-14)13-19(27)25-10-8-24(9-11-25)15-5-6-17(21)18(12-15)28-2;1-28-17-9-15(2-3-16(17)21)24-4-6-25(7-5-24)18(27)12-26-19-13(10-23-26)8-14(20)11-22-19;1-28-17-10-13(2-3-15(17)20)24-6-8-25(9-7-24)18(27)12-26-19-14(11-23-26)16(21)4-5-22-19;1-4(2)3/h2-6,11H,7-10,12-13H2,1H3;3-6,11-12H,7-10,13H2,1-2H3;3-7,12H,8-11,13H2,1-2H3;2-3,8-11H,4-7,12H2,1H3;2-5,10-11H,6-9,12H2,1H3;. The molecule has 5 aliphatic rings. The van der Waals surface area contributed by atoms with E-state index < -0.39 is 20.4 Å². The molecule has 0 unspecified atom stereocenters. The van der Waals surface area contributed by atoms with Gasteiger partial charge in [-0.3, -0.25) is 24.0 Å². The lowest BCUT2D eigenvalue weighted by molar-refractivity contribution is -0.133. The third-order valence-electron chi connectivity index (χ3n) is 25.5. The number of ether oxygens (including phenoxy) is 5. The monoisotopic (exact) mass is 2310 g/mol. The summed E-state index contributed by atoms with van der Waals surface area (Å²) in [5.74, 6) is 3.23. The molecule has 0 N–H and O–H groups in total. The van der Waals surface area contributed by atoms with Crippen LogP contribution in [-0.4, -0.2) is 322 Å². The number of nitrogens with zero attached hydrogens (tertiary/aromatic N) is 28. The highest BCUT2D eigenvalue weighted by Crippen LogP contribution is 2.37. The molecule has 5 aliphatic heterocycles. The lowest BCUT2D eigenvalue weighted by Crippen LogP contribution is -2.49. The number of benzene rings is 5. The van der Waals surface area contributed by atoms with Crippen LogP contribution in [-0.2, 0) is 83.7 Å². The van der Waals surface area contributed by atoms with Gasteiger partial charge >= 0.3 is 10.6 Å². The number of aromatic nitrogens is 15. The SMILES string of the molecule is COc1cc(N2CCN(C(=O)Cn3nc(C)c4cccnc43)CC2)ccc1Cl.COc1cc(N2CCN(C(=O)Cn3nc(CN=[N+]=[N-])c4cccnc43)CC2)ccc1Cl.COc1cc(N2CCN(C(=O)Cn3ncc4c(I)ccnc43)CC2)ccc1Cl.COc1cc(N2CCN(C(=O)Cn3ncc4c(S(C)(=O)=O)ccnc43)CC2)ccc1Cl.COc1cc(N2CCN(C(=O)Cn3ncc4cc(Cl)cnc43)CC2)ccc1Cl.O=S(=O)=O. The third-order valence-corrected chi connectivity index (χ3v) is 29.3. The molecule has 20 rings (SSSR count). The van der Waals surface area contributed by atoms with E-state index in [4.69, 9.17) is 111 Å². The van der Waals surface area contributed by atoms with Crippen molar-refractivity contribution in [2.24, 2.45) is 5.11 Å². The Morgan fingerprint density at radius 3 is 1.05 bits per heavy atom. The van der Waals surface area contributed by atoms with Crippen molar-refractivity contribution >= 4 is 226 Å². The fourth-order valence-corrected chi connectivity index (χ4v) is 20.2. The molecular weight excluding hydrogens is 2210 g/mol. The number of fused-ring (bicyclic) bond motifs is 5. The lowest BCUT2D eigenvalue weighted by atomic mass is 10.2. The van der Waals surface area contributed by atoms with Crippen molar-refractivity contribution in [2.75, 3.05) is 197 Å². The fraction of sp³-hybridized carbons (Fsp3) is 0.337. The van der Waals surface area contributed by atoms with Crippen LogP contribution in [0.4, 0.5) is 28.4 Å². The van der Waals surface area contributed by atoms with E-state index >= 15 is 0 Å². The van der Waals surface area contributed by atoms with Crippen LogP contribution in [0.3, 0.4) is 0 Å². The number of pyridine rings is 5. The highest BCUT2D eigenvalue weighted by Gasteiger charge is 2.32. The molecule has 0 radical (unpaired) electrons. The molecule has 15 heterocycles. The number of anilines is 5. The Bertz CT molecular complexity index is 7710. The van der Waals surface area contributed by atoms with Crippen LogP contribution in [0.15, 0.2) is 193 Å². The first kappa shape index (κ1) is 110. The zero-order valence-electron chi connectivity index (χ0n) is 82.3. The predicted molar refractivity (Wildman–Crippen MR) is 580 cm³/mol. The number of hydrogen-bond donors (Lipinski definition) is 0. The van der Waals surface area contributed by atoms with Gasteiger partial charge in [-0.2, -0.15) is 25.5 Å². The van der Waals surface area contributed by atoms with Gasteiger partial charge in [-0.15, -0.1) is 12.6 Å². The van der Waals surface area contributed by atoms with Crippen molar-refractivity contribution in [3.05, 3.63) is 239 Å². The van der Waals surface area contributed by atoms with Crippen molar-refractivity contribution in [3.63, 3.8) is 0 Å². The number of methoxy groups -OCH3 is 5. The Morgan fingerprint density at radius 2 is 0.687 bits per heavy atom. The van der Waals surface area contributed by atoms with E-state index in [1.54, 1.807) is 115 Å². The fourth-order valence-electron chi connectivity index (χ4n) is 17.6. The van der Waals surface area contributed by atoms with E-state index in [0.29, 0.717) is 179 Å². The number of rotatable bonds is 23. The molecule has 5 saturated heterocycles. The van der Waals surface area contributed by atoms with Gasteiger partial charge in [-0.05, 0) is 138 Å². The van der Waals surface area contributed by atoms with E-state index in [1.807, 2.05) is 136 Å². The summed E-state index contributed by atoms with van der Waals surface area (Å²) in [5, 5.41) is 32.8. The minimum atomic E-state index is -3.42. The van der Waals surface area contributed by atoms with Crippen molar-refractivity contribution in [2.45, 2.75) is 51.1 Å². The van der Waals surface area contributed by atoms with Crippen molar-refractivity contribution in [1.29, 1.82) is 0 Å². The Balaban J connectivity index is 0.000000139. The molecule has 786 valence electrons. The van der Waals surface area contributed by atoms with E-state index in [2.05, 4.69) is 108 Å². The van der Waals surface area contributed by atoms with Gasteiger partial charge < -0.3 is 72.7 Å². The third kappa shape index (κ3) is 27.2. The molecule has 15 aromatic rings. The second kappa shape index (κ2) is 50.9. The number of piperazine rings is 5. The number of carbonyl (C=O) groups is 5. The van der Waals surface area contributed by atoms with Crippen LogP contribution in [0.2, 0.25) is 30.1 Å². The van der Waals surface area contributed by atoms with Gasteiger partial charge in [0.1, 0.15) is 61.5 Å². The summed E-state index contributed by atoms with van der Waals surface area (Å²) < 4.78 is 84.8. The zero-order valence-corrected chi connectivity index (χ0v) is 90.6. The maximum Gasteiger partial charge on any atom is 0.425 e. The minimum absolute atomic E-state index is 0.00150. The smallest absolute Gasteiger partial charge is 0.425 e. The molecule has 0 aliphatic carbocycles. The summed E-state index contributed by atoms with van der Waals surface area (Å²) in [5.41, 5.74) is 18.4. The van der Waals surface area contributed by atoms with Crippen LogP contribution in [0.5, 0.6) is 28.7 Å². The van der Waals surface area contributed by atoms with Crippen molar-refractivity contribution in [1.82, 2.24) is 98.3 Å². The largest absolute Gasteiger partial charge is 0.495 e. The van der Waals surface area contributed by atoms with E-state index in [1.165, 1.54) is 23.1 Å². The maximum absolute atomic E-state index is 12.9. The van der Waals surface area contributed by atoms with Gasteiger partial charge in [0.05, 0.1) is 118 Å². The summed E-state index contributed by atoms with van der Waals surface area (Å²) in [4.78, 5) is 109. The minimum Gasteiger partial charge on any atom is -0.495 e. The topological polar surface area (TPSA) is 452 Å². The zero-order chi connectivity index (χ0) is 107. The first-order valence-corrected chi connectivity index (χ1v) is 53.1. The average molecular weight is 2320 g/mol. The van der Waals surface area contributed by atoms with Crippen molar-refractivity contribution < 1.29 is 68.7 Å². The molecule has 10 aromatic heterocycles. The number of halogens is 7. The Hall–Kier alpha value is -14.1. The van der Waals surface area contributed by atoms with Gasteiger partial charge in [0.25, 0.3) is 0 Å². The van der Waals surface area contributed by atoms with Gasteiger partial charge in [0.2, 0.25) is 29.5 Å². The quantitative estimate of drug-likeness (QED) is 0.0248. The number of carbonyl (C=O) groups excluding carboxylic acids is 5. The summed E-state index contributed by atoms with van der Waals surface area (Å²) in [7, 11) is 1.46. The highest BCUT2D eigenvalue weighted by atomic mass is 127. The van der Waals surface area contributed by atoms with Crippen LogP contribution in [0.25, 0.3) is 65.6 Å². The Kier molecular flexibility index (Phi) is 37.4.